The molecule has 1 atom stereocenters. The highest BCUT2D eigenvalue weighted by Crippen LogP contribution is 2.55. The standard InChI is InChI=1S/C18H26O/c1-11-8-9-14-12(2)15(10-19)18(6,7)13(3)16(14)17(11,4)5/h9-11H,8H2,1-7H3. The van der Waals surface area contributed by atoms with Crippen LogP contribution in [0.1, 0.15) is 54.9 Å². The van der Waals surface area contributed by atoms with Crippen LogP contribution in [0, 0.1) is 16.7 Å². The number of rotatable bonds is 1. The minimum Gasteiger partial charge on any atom is -0.298 e. The second-order valence-electron chi connectivity index (χ2n) is 7.26. The van der Waals surface area contributed by atoms with E-state index in [9.17, 15) is 4.79 Å². The maximum atomic E-state index is 11.5. The molecule has 2 aliphatic rings. The minimum atomic E-state index is -0.146. The summed E-state index contributed by atoms with van der Waals surface area (Å²) in [5.41, 5.74) is 6.32. The van der Waals surface area contributed by atoms with E-state index in [1.54, 1.807) is 0 Å². The summed E-state index contributed by atoms with van der Waals surface area (Å²) in [5.74, 6) is 0.641. The van der Waals surface area contributed by atoms with E-state index in [1.807, 2.05) is 0 Å². The molecule has 1 unspecified atom stereocenters. The Morgan fingerprint density at radius 3 is 2.32 bits per heavy atom. The molecular formula is C18H26O. The maximum Gasteiger partial charge on any atom is 0.147 e. The van der Waals surface area contributed by atoms with Crippen LogP contribution in [0.25, 0.3) is 0 Å². The van der Waals surface area contributed by atoms with Gasteiger partial charge in [0.05, 0.1) is 0 Å². The molecule has 1 nitrogen and oxygen atoms in total. The minimum absolute atomic E-state index is 0.146. The molecule has 0 aliphatic heterocycles. The normalized spacial score (nSPS) is 29.0. The van der Waals surface area contributed by atoms with E-state index in [4.69, 9.17) is 0 Å². The highest BCUT2D eigenvalue weighted by atomic mass is 16.1. The molecule has 0 saturated carbocycles. The molecule has 0 spiro atoms. The summed E-state index contributed by atoms with van der Waals surface area (Å²) in [7, 11) is 0. The van der Waals surface area contributed by atoms with Crippen LogP contribution in [0.5, 0.6) is 0 Å². The van der Waals surface area contributed by atoms with Gasteiger partial charge in [0.2, 0.25) is 0 Å². The Balaban J connectivity index is 2.78. The summed E-state index contributed by atoms with van der Waals surface area (Å²) in [5, 5.41) is 0. The van der Waals surface area contributed by atoms with Crippen molar-refractivity contribution in [3.8, 4) is 0 Å². The fraction of sp³-hybridized carbons (Fsp3) is 0.611. The molecule has 0 N–H and O–H groups in total. The van der Waals surface area contributed by atoms with Gasteiger partial charge in [-0.25, -0.2) is 0 Å². The smallest absolute Gasteiger partial charge is 0.147 e. The van der Waals surface area contributed by atoms with E-state index >= 15 is 0 Å². The van der Waals surface area contributed by atoms with Gasteiger partial charge in [-0.3, -0.25) is 4.79 Å². The molecule has 104 valence electrons. The molecule has 0 aromatic heterocycles. The highest BCUT2D eigenvalue weighted by molar-refractivity contribution is 5.83. The number of hydrogen-bond acceptors (Lipinski definition) is 1. The Morgan fingerprint density at radius 1 is 1.21 bits per heavy atom. The first-order valence-electron chi connectivity index (χ1n) is 7.25. The first-order valence-corrected chi connectivity index (χ1v) is 7.25. The third-order valence-electron chi connectivity index (χ3n) is 5.73. The van der Waals surface area contributed by atoms with Crippen molar-refractivity contribution in [3.63, 3.8) is 0 Å². The van der Waals surface area contributed by atoms with Gasteiger partial charge in [-0.2, -0.15) is 0 Å². The van der Waals surface area contributed by atoms with E-state index < -0.39 is 0 Å². The van der Waals surface area contributed by atoms with Crippen LogP contribution in [0.2, 0.25) is 0 Å². The quantitative estimate of drug-likeness (QED) is 0.614. The van der Waals surface area contributed by atoms with Gasteiger partial charge in [0.1, 0.15) is 6.29 Å². The van der Waals surface area contributed by atoms with Crippen molar-refractivity contribution in [2.45, 2.75) is 54.9 Å². The zero-order valence-corrected chi connectivity index (χ0v) is 13.3. The number of hydrogen-bond donors (Lipinski definition) is 0. The monoisotopic (exact) mass is 258 g/mol. The van der Waals surface area contributed by atoms with Crippen molar-refractivity contribution in [1.29, 1.82) is 0 Å². The summed E-state index contributed by atoms with van der Waals surface area (Å²) in [4.78, 5) is 11.5. The molecule has 0 saturated heterocycles. The summed E-state index contributed by atoms with van der Waals surface area (Å²) in [6.45, 7) is 15.7. The number of fused-ring (bicyclic) bond motifs is 1. The van der Waals surface area contributed by atoms with Crippen LogP contribution in [0.15, 0.2) is 33.9 Å². The van der Waals surface area contributed by atoms with Gasteiger partial charge in [-0.1, -0.05) is 46.3 Å². The summed E-state index contributed by atoms with van der Waals surface area (Å²) in [6, 6.07) is 0. The van der Waals surface area contributed by atoms with Gasteiger partial charge in [-0.05, 0) is 48.3 Å². The van der Waals surface area contributed by atoms with E-state index in [1.165, 1.54) is 22.3 Å². The average Bonchev–Trinajstić information content (AvgIpc) is 2.30. The summed E-state index contributed by atoms with van der Waals surface area (Å²) in [6.07, 6.45) is 4.49. The van der Waals surface area contributed by atoms with Crippen molar-refractivity contribution in [3.05, 3.63) is 33.9 Å². The topological polar surface area (TPSA) is 17.1 Å². The number of carbonyl (C=O) groups excluding carboxylic acids is 1. The lowest BCUT2D eigenvalue weighted by Gasteiger charge is -2.47. The Hall–Kier alpha value is -1.11. The largest absolute Gasteiger partial charge is 0.298 e. The third kappa shape index (κ3) is 1.78. The van der Waals surface area contributed by atoms with Gasteiger partial charge < -0.3 is 0 Å². The molecule has 0 fully saturated rings. The first-order chi connectivity index (χ1) is 8.65. The van der Waals surface area contributed by atoms with E-state index in [-0.39, 0.29) is 10.8 Å². The molecule has 0 amide bonds. The number of allylic oxidation sites excluding steroid dienone is 6. The summed E-state index contributed by atoms with van der Waals surface area (Å²) < 4.78 is 0. The predicted molar refractivity (Wildman–Crippen MR) is 80.9 cm³/mol. The van der Waals surface area contributed by atoms with Crippen molar-refractivity contribution in [2.24, 2.45) is 16.7 Å². The first kappa shape index (κ1) is 14.3. The van der Waals surface area contributed by atoms with Crippen LogP contribution in [-0.4, -0.2) is 6.29 Å². The lowest BCUT2D eigenvalue weighted by Crippen LogP contribution is -2.36. The van der Waals surface area contributed by atoms with Crippen LogP contribution in [-0.2, 0) is 4.79 Å². The summed E-state index contributed by atoms with van der Waals surface area (Å²) >= 11 is 0. The van der Waals surface area contributed by atoms with E-state index in [0.29, 0.717) is 5.92 Å². The Bertz CT molecular complexity index is 524. The zero-order chi connectivity index (χ0) is 14.6. The predicted octanol–water partition coefficient (Wildman–Crippen LogP) is 4.85. The molecule has 0 heterocycles. The van der Waals surface area contributed by atoms with Crippen molar-refractivity contribution < 1.29 is 4.79 Å². The average molecular weight is 258 g/mol. The van der Waals surface area contributed by atoms with Crippen LogP contribution >= 0.6 is 0 Å². The molecular weight excluding hydrogens is 232 g/mol. The molecule has 0 radical (unpaired) electrons. The molecule has 1 heteroatoms. The Kier molecular flexibility index (Phi) is 3.16. The van der Waals surface area contributed by atoms with Gasteiger partial charge >= 0.3 is 0 Å². The molecule has 19 heavy (non-hydrogen) atoms. The molecule has 0 aromatic rings. The van der Waals surface area contributed by atoms with Crippen LogP contribution in [0.4, 0.5) is 0 Å². The molecule has 2 aliphatic carbocycles. The lowest BCUT2D eigenvalue weighted by atomic mass is 9.57. The van der Waals surface area contributed by atoms with Crippen LogP contribution in [0.3, 0.4) is 0 Å². The van der Waals surface area contributed by atoms with E-state index in [0.717, 1.165) is 18.3 Å². The maximum absolute atomic E-state index is 11.5. The zero-order valence-electron chi connectivity index (χ0n) is 13.3. The van der Waals surface area contributed by atoms with E-state index in [2.05, 4.69) is 54.5 Å². The van der Waals surface area contributed by atoms with Gasteiger partial charge in [0, 0.05) is 11.0 Å². The molecule has 0 bridgehead atoms. The van der Waals surface area contributed by atoms with Crippen molar-refractivity contribution in [1.82, 2.24) is 0 Å². The second kappa shape index (κ2) is 4.19. The van der Waals surface area contributed by atoms with Gasteiger partial charge in [0.25, 0.3) is 0 Å². The van der Waals surface area contributed by atoms with Gasteiger partial charge in [0.15, 0.2) is 0 Å². The second-order valence-corrected chi connectivity index (χ2v) is 7.26. The Morgan fingerprint density at radius 2 is 1.79 bits per heavy atom. The van der Waals surface area contributed by atoms with Crippen LogP contribution < -0.4 is 0 Å². The Labute approximate surface area is 117 Å². The van der Waals surface area contributed by atoms with Gasteiger partial charge in [-0.15, -0.1) is 0 Å². The highest BCUT2D eigenvalue weighted by Gasteiger charge is 2.43. The van der Waals surface area contributed by atoms with Crippen molar-refractivity contribution in [2.75, 3.05) is 0 Å². The molecule has 0 aromatic carbocycles. The number of carbonyl (C=O) groups is 1. The fourth-order valence-electron chi connectivity index (χ4n) is 3.67. The molecule has 2 rings (SSSR count). The third-order valence-corrected chi connectivity index (χ3v) is 5.73. The fourth-order valence-corrected chi connectivity index (χ4v) is 3.67. The number of aldehydes is 1. The lowest BCUT2D eigenvalue weighted by molar-refractivity contribution is -0.105. The SMILES string of the molecule is CC1=C(C=O)C(C)(C)C(C)=C2C1=CCC(C)C2(C)C. The van der Waals surface area contributed by atoms with Crippen molar-refractivity contribution >= 4 is 6.29 Å².